The summed E-state index contributed by atoms with van der Waals surface area (Å²) >= 11 is 6.28. The van der Waals surface area contributed by atoms with Gasteiger partial charge in [0.25, 0.3) is 0 Å². The molecule has 2 N–H and O–H groups in total. The molecule has 148 valence electrons. The number of nitrogens with one attached hydrogen (secondary N) is 2. The highest BCUT2D eigenvalue weighted by atomic mass is 35.5. The molecule has 1 saturated heterocycles. The molecule has 27 heavy (non-hydrogen) atoms. The van der Waals surface area contributed by atoms with Crippen LogP contribution < -0.4 is 20.1 Å². The molecule has 2 heterocycles. The average Bonchev–Trinajstić information content (AvgIpc) is 3.00. The summed E-state index contributed by atoms with van der Waals surface area (Å²) in [6, 6.07) is 3.93. The Kier molecular flexibility index (Phi) is 6.44. The van der Waals surface area contributed by atoms with Gasteiger partial charge in [-0.2, -0.15) is 0 Å². The van der Waals surface area contributed by atoms with E-state index in [1.165, 1.54) is 0 Å². The van der Waals surface area contributed by atoms with E-state index in [1.54, 1.807) is 19.2 Å². The van der Waals surface area contributed by atoms with Crippen LogP contribution in [0.25, 0.3) is 0 Å². The van der Waals surface area contributed by atoms with E-state index in [1.807, 2.05) is 7.05 Å². The maximum absolute atomic E-state index is 12.4. The van der Waals surface area contributed by atoms with E-state index in [-0.39, 0.29) is 30.3 Å². The van der Waals surface area contributed by atoms with Crippen molar-refractivity contribution in [1.29, 1.82) is 0 Å². The van der Waals surface area contributed by atoms with Gasteiger partial charge in [-0.3, -0.25) is 14.5 Å². The van der Waals surface area contributed by atoms with Gasteiger partial charge in [0.2, 0.25) is 11.8 Å². The zero-order chi connectivity index (χ0) is 19.4. The molecule has 3 rings (SSSR count). The summed E-state index contributed by atoms with van der Waals surface area (Å²) in [5.74, 6) is 1.20. The van der Waals surface area contributed by atoms with Crippen LogP contribution in [0.4, 0.5) is 0 Å². The average molecular weight is 396 g/mol. The van der Waals surface area contributed by atoms with Gasteiger partial charge in [-0.25, -0.2) is 0 Å². The van der Waals surface area contributed by atoms with Gasteiger partial charge in [0.15, 0.2) is 11.5 Å². The number of carbonyl (C=O) groups excluding carboxylic acids is 2. The Morgan fingerprint density at radius 2 is 1.81 bits per heavy atom. The highest BCUT2D eigenvalue weighted by molar-refractivity contribution is 6.31. The fourth-order valence-electron chi connectivity index (χ4n) is 3.61. The number of rotatable bonds is 6. The molecular weight excluding hydrogens is 370 g/mol. The summed E-state index contributed by atoms with van der Waals surface area (Å²) < 4.78 is 11.0. The fraction of sp³-hybridized carbons (Fsp3) is 0.579. The lowest BCUT2D eigenvalue weighted by molar-refractivity contribution is -0.122. The zero-order valence-corrected chi connectivity index (χ0v) is 16.5. The molecule has 2 atom stereocenters. The molecule has 1 aromatic carbocycles. The molecule has 2 amide bonds. The minimum Gasteiger partial charge on any atom is -0.486 e. The molecular formula is C19H26ClN3O4. The lowest BCUT2D eigenvalue weighted by Crippen LogP contribution is -2.42. The topological polar surface area (TPSA) is 79.9 Å². The van der Waals surface area contributed by atoms with Crippen LogP contribution in [0.3, 0.4) is 0 Å². The van der Waals surface area contributed by atoms with E-state index in [0.29, 0.717) is 42.7 Å². The first-order chi connectivity index (χ1) is 13.0. The van der Waals surface area contributed by atoms with Crippen LogP contribution >= 0.6 is 11.6 Å². The van der Waals surface area contributed by atoms with Gasteiger partial charge in [0, 0.05) is 43.2 Å². The van der Waals surface area contributed by atoms with Gasteiger partial charge in [-0.05, 0) is 31.5 Å². The predicted molar refractivity (Wildman–Crippen MR) is 102 cm³/mol. The Labute approximate surface area is 164 Å². The van der Waals surface area contributed by atoms with Gasteiger partial charge in [0.1, 0.15) is 13.2 Å². The maximum atomic E-state index is 12.4. The molecule has 2 aliphatic rings. The second-order valence-electron chi connectivity index (χ2n) is 7.00. The van der Waals surface area contributed by atoms with Crippen LogP contribution in [0, 0.1) is 0 Å². The van der Waals surface area contributed by atoms with Gasteiger partial charge in [-0.15, -0.1) is 0 Å². The molecule has 0 spiro atoms. The third kappa shape index (κ3) is 4.84. The first-order valence-corrected chi connectivity index (χ1v) is 9.63. The van der Waals surface area contributed by atoms with Crippen LogP contribution in [0.1, 0.15) is 24.8 Å². The van der Waals surface area contributed by atoms with Gasteiger partial charge < -0.3 is 20.1 Å². The maximum Gasteiger partial charge on any atom is 0.224 e. The van der Waals surface area contributed by atoms with E-state index in [2.05, 4.69) is 15.5 Å². The van der Waals surface area contributed by atoms with Crippen LogP contribution in [-0.4, -0.2) is 62.7 Å². The van der Waals surface area contributed by atoms with E-state index in [4.69, 9.17) is 21.1 Å². The smallest absolute Gasteiger partial charge is 0.224 e. The van der Waals surface area contributed by atoms with Crippen LogP contribution in [0.2, 0.25) is 5.02 Å². The zero-order valence-electron chi connectivity index (χ0n) is 15.7. The first kappa shape index (κ1) is 19.8. The third-order valence-corrected chi connectivity index (χ3v) is 5.63. The highest BCUT2D eigenvalue weighted by Gasteiger charge is 2.31. The number of fused-ring (bicyclic) bond motifs is 1. The van der Waals surface area contributed by atoms with Crippen molar-refractivity contribution in [2.45, 2.75) is 37.8 Å². The molecule has 0 aliphatic carbocycles. The normalized spacial score (nSPS) is 21.7. The standard InChI is InChI=1S/C19H26ClN3O4/c1-21-18(24)9-13-3-4-14(23(13)2)11-22-19(25)8-12-7-16-17(10-15(12)20)27-6-5-26-16/h7,10,13-14H,3-6,8-9,11H2,1-2H3,(H,21,24)(H,22,25)/t13-,14+/m1/s1. The monoisotopic (exact) mass is 395 g/mol. The number of benzene rings is 1. The minimum absolute atomic E-state index is 0.0461. The number of carbonyl (C=O) groups is 2. The van der Waals surface area contributed by atoms with Gasteiger partial charge in [-0.1, -0.05) is 11.6 Å². The number of amides is 2. The van der Waals surface area contributed by atoms with E-state index < -0.39 is 0 Å². The Hall–Kier alpha value is -1.99. The lowest BCUT2D eigenvalue weighted by Gasteiger charge is -2.25. The van der Waals surface area contributed by atoms with E-state index >= 15 is 0 Å². The number of hydrogen-bond acceptors (Lipinski definition) is 5. The summed E-state index contributed by atoms with van der Waals surface area (Å²) in [5.41, 5.74) is 0.718. The van der Waals surface area contributed by atoms with Crippen molar-refractivity contribution in [3.8, 4) is 11.5 Å². The Morgan fingerprint density at radius 1 is 1.15 bits per heavy atom. The molecule has 7 nitrogen and oxygen atoms in total. The molecule has 0 bridgehead atoms. The fourth-order valence-corrected chi connectivity index (χ4v) is 3.83. The van der Waals surface area contributed by atoms with Crippen molar-refractivity contribution in [3.05, 3.63) is 22.7 Å². The molecule has 0 aromatic heterocycles. The molecule has 0 saturated carbocycles. The molecule has 1 fully saturated rings. The number of halogens is 1. The summed E-state index contributed by atoms with van der Waals surface area (Å²) in [6.45, 7) is 1.55. The SMILES string of the molecule is CNC(=O)C[C@H]1CC[C@@H](CNC(=O)Cc2cc3c(cc2Cl)OCCO3)N1C. The number of nitrogens with zero attached hydrogens (tertiary/aromatic N) is 1. The Balaban J connectivity index is 1.51. The summed E-state index contributed by atoms with van der Waals surface area (Å²) in [7, 11) is 3.66. The van der Waals surface area contributed by atoms with Gasteiger partial charge in [0.05, 0.1) is 6.42 Å². The van der Waals surface area contributed by atoms with Crippen LogP contribution in [0.15, 0.2) is 12.1 Å². The number of ether oxygens (including phenoxy) is 2. The third-order valence-electron chi connectivity index (χ3n) is 5.28. The van der Waals surface area contributed by atoms with Crippen LogP contribution in [0.5, 0.6) is 11.5 Å². The first-order valence-electron chi connectivity index (χ1n) is 9.25. The van der Waals surface area contributed by atoms with Crippen molar-refractivity contribution in [1.82, 2.24) is 15.5 Å². The van der Waals surface area contributed by atoms with Crippen molar-refractivity contribution in [2.75, 3.05) is 33.9 Å². The summed E-state index contributed by atoms with van der Waals surface area (Å²) in [4.78, 5) is 26.1. The minimum atomic E-state index is -0.0864. The van der Waals surface area contributed by atoms with E-state index in [9.17, 15) is 9.59 Å². The quantitative estimate of drug-likeness (QED) is 0.760. The van der Waals surface area contributed by atoms with Crippen molar-refractivity contribution in [3.63, 3.8) is 0 Å². The Bertz CT molecular complexity index is 712. The van der Waals surface area contributed by atoms with Crippen molar-refractivity contribution in [2.24, 2.45) is 0 Å². The molecule has 0 radical (unpaired) electrons. The van der Waals surface area contributed by atoms with E-state index in [0.717, 1.165) is 18.4 Å². The van der Waals surface area contributed by atoms with Crippen molar-refractivity contribution >= 4 is 23.4 Å². The van der Waals surface area contributed by atoms with Crippen molar-refractivity contribution < 1.29 is 19.1 Å². The molecule has 2 aliphatic heterocycles. The van der Waals surface area contributed by atoms with Gasteiger partial charge >= 0.3 is 0 Å². The number of likely N-dealkylation sites (tertiary alicyclic amines) is 1. The summed E-state index contributed by atoms with van der Waals surface area (Å²) in [5, 5.41) is 6.15. The second-order valence-corrected chi connectivity index (χ2v) is 7.40. The Morgan fingerprint density at radius 3 is 2.52 bits per heavy atom. The molecule has 0 unspecified atom stereocenters. The number of hydrogen-bond donors (Lipinski definition) is 2. The largest absolute Gasteiger partial charge is 0.486 e. The second kappa shape index (κ2) is 8.80. The molecule has 1 aromatic rings. The summed E-state index contributed by atoms with van der Waals surface area (Å²) in [6.07, 6.45) is 2.60. The van der Waals surface area contributed by atoms with Crippen LogP contribution in [-0.2, 0) is 16.0 Å². The lowest BCUT2D eigenvalue weighted by atomic mass is 10.1. The number of likely N-dealkylation sites (N-methyl/N-ethyl adjacent to an activating group) is 1. The predicted octanol–water partition coefficient (Wildman–Crippen LogP) is 1.37. The highest BCUT2D eigenvalue weighted by Crippen LogP contribution is 2.35. The molecule has 8 heteroatoms.